The Labute approximate surface area is 147 Å². The van der Waals surface area contributed by atoms with Crippen molar-refractivity contribution in [3.8, 4) is 11.5 Å². The van der Waals surface area contributed by atoms with E-state index >= 15 is 0 Å². The van der Waals surface area contributed by atoms with Crippen molar-refractivity contribution in [2.75, 3.05) is 12.4 Å². The molecule has 2 aromatic rings. The van der Waals surface area contributed by atoms with Crippen LogP contribution >= 0.6 is 11.6 Å². The van der Waals surface area contributed by atoms with E-state index in [0.29, 0.717) is 11.5 Å². The van der Waals surface area contributed by atoms with Gasteiger partial charge in [0.1, 0.15) is 11.5 Å². The number of nitrogens with one attached hydrogen (secondary N) is 1. The Morgan fingerprint density at radius 2 is 1.72 bits per heavy atom. The number of carbonyl (C=O) groups is 1. The minimum absolute atomic E-state index is 0.00185. The molecule has 0 bridgehead atoms. The molecule has 0 spiro atoms. The van der Waals surface area contributed by atoms with E-state index in [1.54, 1.807) is 24.3 Å². The van der Waals surface area contributed by atoms with Crippen LogP contribution < -0.4 is 14.8 Å². The highest BCUT2D eigenvalue weighted by atomic mass is 35.5. The quantitative estimate of drug-likeness (QED) is 0.821. The zero-order chi connectivity index (χ0) is 18.6. The summed E-state index contributed by atoms with van der Waals surface area (Å²) < 4.78 is 48.7. The highest BCUT2D eigenvalue weighted by Crippen LogP contribution is 2.33. The molecule has 0 aliphatic rings. The number of amides is 1. The fourth-order valence-electron chi connectivity index (χ4n) is 1.94. The van der Waals surface area contributed by atoms with Crippen LogP contribution in [0.5, 0.6) is 11.5 Å². The minimum atomic E-state index is -4.53. The lowest BCUT2D eigenvalue weighted by molar-refractivity contribution is -0.137. The fraction of sp³-hybridized carbons (Fsp3) is 0.235. The summed E-state index contributed by atoms with van der Waals surface area (Å²) in [6.45, 7) is 1.47. The van der Waals surface area contributed by atoms with Gasteiger partial charge in [0, 0.05) is 0 Å². The van der Waals surface area contributed by atoms with E-state index < -0.39 is 23.8 Å². The molecule has 1 amide bonds. The van der Waals surface area contributed by atoms with Crippen molar-refractivity contribution >= 4 is 23.2 Å². The summed E-state index contributed by atoms with van der Waals surface area (Å²) in [7, 11) is 1.52. The molecule has 2 aromatic carbocycles. The molecule has 0 fully saturated rings. The summed E-state index contributed by atoms with van der Waals surface area (Å²) in [6.07, 6.45) is -5.48. The maximum atomic E-state index is 12.8. The van der Waals surface area contributed by atoms with Crippen LogP contribution in [0.3, 0.4) is 0 Å². The van der Waals surface area contributed by atoms with Gasteiger partial charge >= 0.3 is 6.18 Å². The zero-order valence-corrected chi connectivity index (χ0v) is 14.1. The van der Waals surface area contributed by atoms with Crippen molar-refractivity contribution in [3.63, 3.8) is 0 Å². The Hall–Kier alpha value is -2.41. The molecule has 0 aliphatic heterocycles. The van der Waals surface area contributed by atoms with E-state index in [0.717, 1.165) is 18.2 Å². The third-order valence-corrected chi connectivity index (χ3v) is 3.62. The summed E-state index contributed by atoms with van der Waals surface area (Å²) in [6, 6.07) is 9.23. The van der Waals surface area contributed by atoms with E-state index in [4.69, 9.17) is 21.1 Å². The molecule has 134 valence electrons. The van der Waals surface area contributed by atoms with Crippen LogP contribution in [-0.2, 0) is 11.0 Å². The number of hydrogen-bond donors (Lipinski definition) is 1. The first-order valence-corrected chi connectivity index (χ1v) is 7.57. The van der Waals surface area contributed by atoms with Gasteiger partial charge in [0.25, 0.3) is 5.91 Å². The Bertz CT molecular complexity index is 748. The van der Waals surface area contributed by atoms with Gasteiger partial charge in [-0.25, -0.2) is 0 Å². The molecule has 0 saturated heterocycles. The van der Waals surface area contributed by atoms with Crippen molar-refractivity contribution in [2.45, 2.75) is 19.2 Å². The van der Waals surface area contributed by atoms with Crippen molar-refractivity contribution in [1.29, 1.82) is 0 Å². The highest BCUT2D eigenvalue weighted by molar-refractivity contribution is 6.33. The second kappa shape index (κ2) is 7.65. The number of halogens is 4. The first kappa shape index (κ1) is 18.9. The number of ether oxygens (including phenoxy) is 2. The number of methoxy groups -OCH3 is 1. The molecule has 1 atom stereocenters. The van der Waals surface area contributed by atoms with Gasteiger partial charge in [-0.15, -0.1) is 0 Å². The topological polar surface area (TPSA) is 47.6 Å². The molecule has 0 radical (unpaired) electrons. The van der Waals surface area contributed by atoms with Gasteiger partial charge in [-0.1, -0.05) is 11.6 Å². The Morgan fingerprint density at radius 3 is 2.28 bits per heavy atom. The molecule has 8 heteroatoms. The van der Waals surface area contributed by atoms with E-state index in [-0.39, 0.29) is 10.7 Å². The van der Waals surface area contributed by atoms with Crippen LogP contribution in [0.25, 0.3) is 0 Å². The second-order valence-corrected chi connectivity index (χ2v) is 5.52. The molecule has 2 rings (SSSR count). The van der Waals surface area contributed by atoms with Gasteiger partial charge in [0.2, 0.25) is 0 Å². The maximum Gasteiger partial charge on any atom is 0.416 e. The van der Waals surface area contributed by atoms with Gasteiger partial charge in [-0.3, -0.25) is 4.79 Å². The number of carbonyl (C=O) groups excluding carboxylic acids is 1. The standard InChI is InChI=1S/C17H15ClF3NO3/c1-10(25-13-6-4-12(24-2)5-7-13)16(23)22-15-9-11(17(19,20)21)3-8-14(15)18/h3-10H,1-2H3,(H,22,23)/t10-/m0/s1. The molecule has 0 aromatic heterocycles. The molecule has 0 saturated carbocycles. The molecule has 0 unspecified atom stereocenters. The molecule has 25 heavy (non-hydrogen) atoms. The van der Waals surface area contributed by atoms with Gasteiger partial charge in [-0.05, 0) is 49.4 Å². The monoisotopic (exact) mass is 373 g/mol. The average molecular weight is 374 g/mol. The average Bonchev–Trinajstić information content (AvgIpc) is 2.56. The van der Waals surface area contributed by atoms with Crippen LogP contribution in [-0.4, -0.2) is 19.1 Å². The summed E-state index contributed by atoms with van der Waals surface area (Å²) in [5, 5.41) is 2.34. The summed E-state index contributed by atoms with van der Waals surface area (Å²) >= 11 is 5.85. The predicted molar refractivity (Wildman–Crippen MR) is 88.2 cm³/mol. The molecule has 0 heterocycles. The zero-order valence-electron chi connectivity index (χ0n) is 13.4. The second-order valence-electron chi connectivity index (χ2n) is 5.12. The number of rotatable bonds is 5. The van der Waals surface area contributed by atoms with Crippen LogP contribution in [0.2, 0.25) is 5.02 Å². The van der Waals surface area contributed by atoms with E-state index in [1.807, 2.05) is 0 Å². The van der Waals surface area contributed by atoms with Crippen molar-refractivity contribution in [1.82, 2.24) is 0 Å². The number of benzene rings is 2. The third-order valence-electron chi connectivity index (χ3n) is 3.29. The lowest BCUT2D eigenvalue weighted by atomic mass is 10.2. The van der Waals surface area contributed by atoms with E-state index in [2.05, 4.69) is 5.32 Å². The molecular weight excluding hydrogens is 359 g/mol. The van der Waals surface area contributed by atoms with Crippen molar-refractivity contribution < 1.29 is 27.4 Å². The predicted octanol–water partition coefficient (Wildman–Crippen LogP) is 4.77. The summed E-state index contributed by atoms with van der Waals surface area (Å²) in [5.41, 5.74) is -1.04. The van der Waals surface area contributed by atoms with Gasteiger partial charge in [-0.2, -0.15) is 13.2 Å². The van der Waals surface area contributed by atoms with Crippen LogP contribution in [0.1, 0.15) is 12.5 Å². The van der Waals surface area contributed by atoms with Gasteiger partial charge < -0.3 is 14.8 Å². The maximum absolute atomic E-state index is 12.8. The number of anilines is 1. The SMILES string of the molecule is COc1ccc(O[C@@H](C)C(=O)Nc2cc(C(F)(F)F)ccc2Cl)cc1. The Balaban J connectivity index is 2.07. The Morgan fingerprint density at radius 1 is 1.12 bits per heavy atom. The van der Waals surface area contributed by atoms with Crippen LogP contribution in [0.15, 0.2) is 42.5 Å². The van der Waals surface area contributed by atoms with Crippen LogP contribution in [0.4, 0.5) is 18.9 Å². The largest absolute Gasteiger partial charge is 0.497 e. The van der Waals surface area contributed by atoms with Crippen molar-refractivity contribution in [3.05, 3.63) is 53.1 Å². The lowest BCUT2D eigenvalue weighted by Crippen LogP contribution is -2.30. The third kappa shape index (κ3) is 5.03. The van der Waals surface area contributed by atoms with Crippen molar-refractivity contribution in [2.24, 2.45) is 0 Å². The minimum Gasteiger partial charge on any atom is -0.497 e. The fourth-order valence-corrected chi connectivity index (χ4v) is 2.11. The van der Waals surface area contributed by atoms with Gasteiger partial charge in [0.15, 0.2) is 6.10 Å². The first-order chi connectivity index (χ1) is 11.7. The summed E-state index contributed by atoms with van der Waals surface area (Å²) in [4.78, 5) is 12.2. The lowest BCUT2D eigenvalue weighted by Gasteiger charge is -2.16. The molecular formula is C17H15ClF3NO3. The van der Waals surface area contributed by atoms with Crippen LogP contribution in [0, 0.1) is 0 Å². The van der Waals surface area contributed by atoms with E-state index in [9.17, 15) is 18.0 Å². The molecule has 4 nitrogen and oxygen atoms in total. The summed E-state index contributed by atoms with van der Waals surface area (Å²) in [5.74, 6) is 0.413. The number of hydrogen-bond acceptors (Lipinski definition) is 3. The molecule has 0 aliphatic carbocycles. The number of alkyl halides is 3. The van der Waals surface area contributed by atoms with Gasteiger partial charge in [0.05, 0.1) is 23.4 Å². The smallest absolute Gasteiger partial charge is 0.416 e. The normalized spacial score (nSPS) is 12.4. The Kier molecular flexibility index (Phi) is 5.79. The first-order valence-electron chi connectivity index (χ1n) is 7.19. The highest BCUT2D eigenvalue weighted by Gasteiger charge is 2.31. The molecule has 1 N–H and O–H groups in total. The van der Waals surface area contributed by atoms with E-state index in [1.165, 1.54) is 14.0 Å².